The number of hydrogen-bond acceptors (Lipinski definition) is 6. The number of nitrogens with zero attached hydrogens (tertiary/aromatic N) is 1. The highest BCUT2D eigenvalue weighted by Crippen LogP contribution is 2.29. The van der Waals surface area contributed by atoms with Crippen LogP contribution in [0.2, 0.25) is 5.02 Å². The predicted molar refractivity (Wildman–Crippen MR) is 160 cm³/mol. The van der Waals surface area contributed by atoms with E-state index in [1.807, 2.05) is 24.3 Å². The molecular formula is C32H40ClN3O6. The minimum absolute atomic E-state index is 0.0375. The molecule has 0 aromatic heterocycles. The summed E-state index contributed by atoms with van der Waals surface area (Å²) in [7, 11) is 0. The van der Waals surface area contributed by atoms with E-state index in [1.165, 1.54) is 0 Å². The first-order chi connectivity index (χ1) is 20.3. The number of aryl methyl sites for hydroxylation is 1. The van der Waals surface area contributed by atoms with Crippen molar-refractivity contribution in [1.29, 1.82) is 0 Å². The average molecular weight is 598 g/mol. The zero-order valence-electron chi connectivity index (χ0n) is 23.9. The molecular weight excluding hydrogens is 558 g/mol. The van der Waals surface area contributed by atoms with Gasteiger partial charge in [-0.05, 0) is 60.9 Å². The van der Waals surface area contributed by atoms with Gasteiger partial charge in [-0.2, -0.15) is 0 Å². The first-order valence-electron chi connectivity index (χ1n) is 14.8. The molecule has 1 saturated carbocycles. The Morgan fingerprint density at radius 1 is 1.07 bits per heavy atom. The smallest absolute Gasteiger partial charge is 0.408 e. The molecule has 1 aliphatic carbocycles. The second-order valence-electron chi connectivity index (χ2n) is 11.3. The van der Waals surface area contributed by atoms with Crippen LogP contribution in [0.15, 0.2) is 48.5 Å². The topological polar surface area (TPSA) is 125 Å². The number of carbonyl (C=O) groups is 4. The van der Waals surface area contributed by atoms with Crippen molar-refractivity contribution >= 4 is 41.5 Å². The van der Waals surface area contributed by atoms with Crippen molar-refractivity contribution in [2.45, 2.75) is 89.0 Å². The Morgan fingerprint density at radius 3 is 2.62 bits per heavy atom. The Labute approximate surface area is 251 Å². The number of carbonyl (C=O) groups excluding carboxylic acids is 4. The van der Waals surface area contributed by atoms with E-state index in [1.54, 1.807) is 29.2 Å². The van der Waals surface area contributed by atoms with Gasteiger partial charge >= 0.3 is 6.09 Å². The van der Waals surface area contributed by atoms with Gasteiger partial charge in [-0.15, -0.1) is 0 Å². The number of aldehydes is 1. The molecule has 1 unspecified atom stereocenters. The van der Waals surface area contributed by atoms with Gasteiger partial charge in [-0.3, -0.25) is 14.4 Å². The minimum atomic E-state index is -2.27. The highest BCUT2D eigenvalue weighted by Gasteiger charge is 2.35. The number of nitrogens with one attached hydrogen (secondary N) is 2. The lowest BCUT2D eigenvalue weighted by Crippen LogP contribution is -2.57. The van der Waals surface area contributed by atoms with Crippen molar-refractivity contribution in [2.24, 2.45) is 5.92 Å². The summed E-state index contributed by atoms with van der Waals surface area (Å²) in [5.41, 5.74) is 0.348. The van der Waals surface area contributed by atoms with Crippen molar-refractivity contribution in [1.82, 2.24) is 10.6 Å². The number of benzene rings is 2. The first kappa shape index (κ1) is 31.5. The van der Waals surface area contributed by atoms with Crippen LogP contribution in [0.4, 0.5) is 10.5 Å². The third kappa shape index (κ3) is 9.03. The maximum absolute atomic E-state index is 13.4. The molecule has 1 fully saturated rings. The molecule has 3 N–H and O–H groups in total. The second kappa shape index (κ2) is 15.2. The third-order valence-corrected chi connectivity index (χ3v) is 8.31. The van der Waals surface area contributed by atoms with Gasteiger partial charge in [-0.25, -0.2) is 4.79 Å². The van der Waals surface area contributed by atoms with E-state index in [0.717, 1.165) is 62.6 Å². The van der Waals surface area contributed by atoms with Crippen molar-refractivity contribution in [3.63, 3.8) is 0 Å². The summed E-state index contributed by atoms with van der Waals surface area (Å²) in [6.07, 6.45) is 7.09. The quantitative estimate of drug-likeness (QED) is 0.246. The van der Waals surface area contributed by atoms with Crippen LogP contribution in [0.5, 0.6) is 0 Å². The van der Waals surface area contributed by atoms with Crippen molar-refractivity contribution < 1.29 is 29.0 Å². The van der Waals surface area contributed by atoms with Gasteiger partial charge in [-0.1, -0.05) is 74.0 Å². The lowest BCUT2D eigenvalue weighted by atomic mass is 9.84. The predicted octanol–water partition coefficient (Wildman–Crippen LogP) is 5.06. The number of anilines is 1. The molecule has 1 aliphatic heterocycles. The van der Waals surface area contributed by atoms with Crippen LogP contribution in [0, 0.1) is 5.92 Å². The molecule has 10 heteroatoms. The molecule has 0 radical (unpaired) electrons. The molecule has 2 atom stereocenters. The Kier molecular flexibility index (Phi) is 11.4. The monoisotopic (exact) mass is 597 g/mol. The third-order valence-electron chi connectivity index (χ3n) is 8.08. The van der Waals surface area contributed by atoms with Crippen LogP contribution in [-0.4, -0.2) is 47.6 Å². The van der Waals surface area contributed by atoms with E-state index in [9.17, 15) is 24.3 Å². The summed E-state index contributed by atoms with van der Waals surface area (Å²) in [5, 5.41) is 16.6. The number of para-hydroxylation sites is 1. The molecule has 2 aliphatic rings. The Hall–Kier alpha value is -3.43. The fraction of sp³-hybridized carbons (Fsp3) is 0.500. The lowest BCUT2D eigenvalue weighted by Gasteiger charge is -2.30. The number of halogens is 1. The van der Waals surface area contributed by atoms with Crippen LogP contribution < -0.4 is 15.5 Å². The summed E-state index contributed by atoms with van der Waals surface area (Å²) >= 11 is 6.00. The maximum atomic E-state index is 13.4. The van der Waals surface area contributed by atoms with Gasteiger partial charge in [0.2, 0.25) is 11.8 Å². The molecule has 3 amide bonds. The van der Waals surface area contributed by atoms with E-state index in [-0.39, 0.29) is 37.6 Å². The SMILES string of the molecule is O=CC(O)(CCC(=O)N1CCCCc2ccccc21)NC(=O)[C@H](CC1CCCCC1)NC(=O)OCc1cccc(Cl)c1. The molecule has 2 aromatic rings. The van der Waals surface area contributed by atoms with Gasteiger partial charge in [0.25, 0.3) is 0 Å². The summed E-state index contributed by atoms with van der Waals surface area (Å²) in [5.74, 6) is -0.737. The van der Waals surface area contributed by atoms with Crippen LogP contribution in [0.3, 0.4) is 0 Å². The molecule has 0 bridgehead atoms. The molecule has 42 heavy (non-hydrogen) atoms. The summed E-state index contributed by atoms with van der Waals surface area (Å²) < 4.78 is 5.32. The summed E-state index contributed by atoms with van der Waals surface area (Å²) in [6, 6.07) is 13.6. The van der Waals surface area contributed by atoms with Gasteiger partial charge in [0.05, 0.1) is 0 Å². The summed E-state index contributed by atoms with van der Waals surface area (Å²) in [4.78, 5) is 53.0. The molecule has 9 nitrogen and oxygen atoms in total. The standard InChI is InChI=1S/C32H40ClN3O6/c33-26-14-8-11-24(19-26)21-42-31(40)34-27(20-23-9-2-1-3-10-23)30(39)35-32(41,22-37)17-16-29(38)36-18-7-6-13-25-12-4-5-15-28(25)36/h4-5,8,11-12,14-15,19,22-23,27,41H,1-3,6-7,9-10,13,16-18,20-21H2,(H,34,40)(H,35,39)/t27-,32?/m0/s1. The highest BCUT2D eigenvalue weighted by atomic mass is 35.5. The van der Waals surface area contributed by atoms with Gasteiger partial charge in [0.1, 0.15) is 12.6 Å². The number of ether oxygens (including phenoxy) is 1. The van der Waals surface area contributed by atoms with Crippen LogP contribution >= 0.6 is 11.6 Å². The van der Waals surface area contributed by atoms with E-state index >= 15 is 0 Å². The zero-order valence-corrected chi connectivity index (χ0v) is 24.6. The molecule has 2 aromatic carbocycles. The Morgan fingerprint density at radius 2 is 1.86 bits per heavy atom. The number of rotatable bonds is 11. The van der Waals surface area contributed by atoms with Gasteiger partial charge < -0.3 is 25.4 Å². The summed E-state index contributed by atoms with van der Waals surface area (Å²) in [6.45, 7) is 0.510. The largest absolute Gasteiger partial charge is 0.445 e. The Bertz CT molecular complexity index is 1250. The normalized spacial score (nSPS) is 17.6. The van der Waals surface area contributed by atoms with Crippen LogP contribution in [-0.2, 0) is 32.1 Å². The average Bonchev–Trinajstić information content (AvgIpc) is 3.22. The number of aliphatic hydroxyl groups is 1. The molecule has 0 spiro atoms. The maximum Gasteiger partial charge on any atom is 0.408 e. The van der Waals surface area contributed by atoms with Crippen molar-refractivity contribution in [3.8, 4) is 0 Å². The van der Waals surface area contributed by atoms with E-state index in [2.05, 4.69) is 10.6 Å². The minimum Gasteiger partial charge on any atom is -0.445 e. The molecule has 226 valence electrons. The van der Waals surface area contributed by atoms with Gasteiger partial charge in [0, 0.05) is 30.1 Å². The highest BCUT2D eigenvalue weighted by molar-refractivity contribution is 6.30. The Balaban J connectivity index is 1.38. The van der Waals surface area contributed by atoms with Crippen LogP contribution in [0.1, 0.15) is 75.3 Å². The first-order valence-corrected chi connectivity index (χ1v) is 15.2. The second-order valence-corrected chi connectivity index (χ2v) is 11.7. The fourth-order valence-electron chi connectivity index (χ4n) is 5.78. The van der Waals surface area contributed by atoms with Crippen molar-refractivity contribution in [3.05, 3.63) is 64.7 Å². The fourth-order valence-corrected chi connectivity index (χ4v) is 5.99. The van der Waals surface area contributed by atoms with Gasteiger partial charge in [0.15, 0.2) is 12.0 Å². The van der Waals surface area contributed by atoms with E-state index in [0.29, 0.717) is 23.6 Å². The molecule has 0 saturated heterocycles. The number of fused-ring (bicyclic) bond motifs is 1. The van der Waals surface area contributed by atoms with Crippen LogP contribution in [0.25, 0.3) is 0 Å². The van der Waals surface area contributed by atoms with E-state index in [4.69, 9.17) is 16.3 Å². The van der Waals surface area contributed by atoms with E-state index < -0.39 is 23.8 Å². The zero-order chi connectivity index (χ0) is 30.0. The molecule has 4 rings (SSSR count). The molecule has 1 heterocycles. The number of alkyl carbamates (subject to hydrolysis) is 1. The lowest BCUT2D eigenvalue weighted by molar-refractivity contribution is -0.141. The number of amides is 3. The van der Waals surface area contributed by atoms with Crippen molar-refractivity contribution in [2.75, 3.05) is 11.4 Å². The number of hydrogen-bond donors (Lipinski definition) is 3.